The van der Waals surface area contributed by atoms with E-state index in [4.69, 9.17) is 4.74 Å². The first-order valence-corrected chi connectivity index (χ1v) is 9.55. The molecule has 3 nitrogen and oxygen atoms in total. The summed E-state index contributed by atoms with van der Waals surface area (Å²) in [7, 11) is 4.04. The molecule has 1 aliphatic heterocycles. The number of rotatable bonds is 8. The van der Waals surface area contributed by atoms with Crippen LogP contribution >= 0.6 is 21.6 Å². The third-order valence-electron chi connectivity index (χ3n) is 3.26. The molecule has 0 aliphatic carbocycles. The molecule has 0 spiro atoms. The van der Waals surface area contributed by atoms with Gasteiger partial charge in [0.15, 0.2) is 0 Å². The molecule has 0 radical (unpaired) electrons. The lowest BCUT2D eigenvalue weighted by atomic mass is 10.1. The molecular formula is C15H21NO2S2. The Labute approximate surface area is 128 Å². The Morgan fingerprint density at radius 3 is 2.90 bits per heavy atom. The second kappa shape index (κ2) is 9.29. The molecule has 1 unspecified atom stereocenters. The normalized spacial score (nSPS) is 18.1. The van der Waals surface area contributed by atoms with Gasteiger partial charge in [-0.1, -0.05) is 34.4 Å². The van der Waals surface area contributed by atoms with Gasteiger partial charge in [-0.3, -0.25) is 9.78 Å². The van der Waals surface area contributed by atoms with E-state index in [9.17, 15) is 4.79 Å². The summed E-state index contributed by atoms with van der Waals surface area (Å²) < 4.78 is 5.25. The van der Waals surface area contributed by atoms with Gasteiger partial charge >= 0.3 is 5.97 Å². The maximum atomic E-state index is 11.6. The average Bonchev–Trinajstić information content (AvgIpc) is 2.97. The second-order valence-corrected chi connectivity index (χ2v) is 7.72. The second-order valence-electron chi connectivity index (χ2n) is 4.93. The molecule has 2 heterocycles. The van der Waals surface area contributed by atoms with E-state index in [0.29, 0.717) is 13.0 Å². The van der Waals surface area contributed by atoms with Crippen molar-refractivity contribution in [2.24, 2.45) is 0 Å². The quantitative estimate of drug-likeness (QED) is 0.414. The molecule has 1 aromatic heterocycles. The Hall–Kier alpha value is -0.680. The maximum absolute atomic E-state index is 11.6. The predicted octanol–water partition coefficient (Wildman–Crippen LogP) is 3.88. The van der Waals surface area contributed by atoms with Gasteiger partial charge < -0.3 is 4.74 Å². The Balaban J connectivity index is 1.47. The van der Waals surface area contributed by atoms with Crippen LogP contribution < -0.4 is 0 Å². The summed E-state index contributed by atoms with van der Waals surface area (Å²) in [6.07, 6.45) is 9.79. The zero-order chi connectivity index (χ0) is 14.0. The number of esters is 1. The summed E-state index contributed by atoms with van der Waals surface area (Å²) in [5.41, 5.74) is 0.959. The predicted molar refractivity (Wildman–Crippen MR) is 85.8 cm³/mol. The van der Waals surface area contributed by atoms with Crippen molar-refractivity contribution in [1.29, 1.82) is 0 Å². The van der Waals surface area contributed by atoms with Crippen molar-refractivity contribution < 1.29 is 9.53 Å². The zero-order valence-corrected chi connectivity index (χ0v) is 13.3. The minimum absolute atomic E-state index is 0.140. The molecule has 20 heavy (non-hydrogen) atoms. The Kier molecular flexibility index (Phi) is 7.30. The molecule has 1 fully saturated rings. The van der Waals surface area contributed by atoms with E-state index >= 15 is 0 Å². The standard InChI is InChI=1S/C15H21NO2S2/c17-15(12-13-5-8-16-9-6-13)18-10-3-1-2-4-14-7-11-19-20-14/h5-6,8-9,14H,1-4,7,10-12H2. The van der Waals surface area contributed by atoms with Crippen LogP contribution in [0.3, 0.4) is 0 Å². The van der Waals surface area contributed by atoms with Crippen molar-refractivity contribution in [3.63, 3.8) is 0 Å². The highest BCUT2D eigenvalue weighted by molar-refractivity contribution is 8.77. The number of carbonyl (C=O) groups excluding carboxylic acids is 1. The molecule has 0 bridgehead atoms. The van der Waals surface area contributed by atoms with Crippen LogP contribution in [0.5, 0.6) is 0 Å². The molecule has 1 aliphatic rings. The Morgan fingerprint density at radius 2 is 2.15 bits per heavy atom. The van der Waals surface area contributed by atoms with Crippen molar-refractivity contribution in [3.8, 4) is 0 Å². The summed E-state index contributed by atoms with van der Waals surface area (Å²) in [5, 5.41) is 0.856. The van der Waals surface area contributed by atoms with Crippen LogP contribution in [0.1, 0.15) is 37.7 Å². The van der Waals surface area contributed by atoms with E-state index in [-0.39, 0.29) is 5.97 Å². The van der Waals surface area contributed by atoms with Gasteiger partial charge in [0.25, 0.3) is 0 Å². The number of hydrogen-bond donors (Lipinski definition) is 0. The van der Waals surface area contributed by atoms with Gasteiger partial charge in [0.05, 0.1) is 13.0 Å². The largest absolute Gasteiger partial charge is 0.465 e. The van der Waals surface area contributed by atoms with Gasteiger partial charge in [0.1, 0.15) is 0 Å². The maximum Gasteiger partial charge on any atom is 0.310 e. The number of unbranched alkanes of at least 4 members (excludes halogenated alkanes) is 2. The Bertz CT molecular complexity index is 394. The first-order valence-electron chi connectivity index (χ1n) is 7.17. The summed E-state index contributed by atoms with van der Waals surface area (Å²) >= 11 is 0. The van der Waals surface area contributed by atoms with Crippen molar-refractivity contribution in [1.82, 2.24) is 4.98 Å². The number of hydrogen-bond acceptors (Lipinski definition) is 5. The number of aromatic nitrogens is 1. The first-order chi connectivity index (χ1) is 9.84. The molecule has 110 valence electrons. The van der Waals surface area contributed by atoms with Crippen LogP contribution in [0.2, 0.25) is 0 Å². The fourth-order valence-electron chi connectivity index (χ4n) is 2.12. The van der Waals surface area contributed by atoms with Gasteiger partial charge in [-0.05, 0) is 37.0 Å². The van der Waals surface area contributed by atoms with Crippen LogP contribution in [0.4, 0.5) is 0 Å². The lowest BCUT2D eigenvalue weighted by Gasteiger charge is -2.07. The van der Waals surface area contributed by atoms with E-state index in [1.54, 1.807) is 12.4 Å². The minimum atomic E-state index is -0.140. The zero-order valence-electron chi connectivity index (χ0n) is 11.6. The van der Waals surface area contributed by atoms with E-state index in [0.717, 1.165) is 23.7 Å². The van der Waals surface area contributed by atoms with Crippen LogP contribution in [-0.4, -0.2) is 28.6 Å². The fourth-order valence-corrected chi connectivity index (χ4v) is 5.15. The smallest absolute Gasteiger partial charge is 0.310 e. The van der Waals surface area contributed by atoms with Crippen LogP contribution in [0, 0.1) is 0 Å². The minimum Gasteiger partial charge on any atom is -0.465 e. The molecule has 0 saturated carbocycles. The molecule has 2 rings (SSSR count). The topological polar surface area (TPSA) is 39.2 Å². The third kappa shape index (κ3) is 6.18. The van der Waals surface area contributed by atoms with E-state index in [2.05, 4.69) is 4.98 Å². The van der Waals surface area contributed by atoms with Crippen molar-refractivity contribution in [3.05, 3.63) is 30.1 Å². The van der Waals surface area contributed by atoms with Gasteiger partial charge in [0, 0.05) is 23.4 Å². The summed E-state index contributed by atoms with van der Waals surface area (Å²) in [4.78, 5) is 15.5. The number of ether oxygens (including phenoxy) is 1. The van der Waals surface area contributed by atoms with Crippen molar-refractivity contribution >= 4 is 27.6 Å². The van der Waals surface area contributed by atoms with Gasteiger partial charge in [-0.2, -0.15) is 0 Å². The Morgan fingerprint density at radius 1 is 1.30 bits per heavy atom. The van der Waals surface area contributed by atoms with Gasteiger partial charge in [0.2, 0.25) is 0 Å². The molecule has 1 atom stereocenters. The highest BCUT2D eigenvalue weighted by Gasteiger charge is 2.15. The summed E-state index contributed by atoms with van der Waals surface area (Å²) in [6, 6.07) is 3.69. The lowest BCUT2D eigenvalue weighted by Crippen LogP contribution is -2.09. The number of nitrogens with zero attached hydrogens (tertiary/aromatic N) is 1. The van der Waals surface area contributed by atoms with Crippen LogP contribution in [0.25, 0.3) is 0 Å². The van der Waals surface area contributed by atoms with Gasteiger partial charge in [-0.15, -0.1) is 0 Å². The van der Waals surface area contributed by atoms with Crippen molar-refractivity contribution in [2.75, 3.05) is 12.4 Å². The molecule has 0 amide bonds. The molecule has 5 heteroatoms. The average molecular weight is 311 g/mol. The van der Waals surface area contributed by atoms with Crippen LogP contribution in [0.15, 0.2) is 24.5 Å². The fraction of sp³-hybridized carbons (Fsp3) is 0.600. The van der Waals surface area contributed by atoms with E-state index in [1.165, 1.54) is 25.0 Å². The molecular weight excluding hydrogens is 290 g/mol. The number of carbonyl (C=O) groups is 1. The van der Waals surface area contributed by atoms with Crippen LogP contribution in [-0.2, 0) is 16.0 Å². The lowest BCUT2D eigenvalue weighted by molar-refractivity contribution is -0.142. The molecule has 0 aromatic carbocycles. The molecule has 0 N–H and O–H groups in total. The summed E-state index contributed by atoms with van der Waals surface area (Å²) in [6.45, 7) is 0.552. The summed E-state index contributed by atoms with van der Waals surface area (Å²) in [5.74, 6) is 1.17. The van der Waals surface area contributed by atoms with Crippen molar-refractivity contribution in [2.45, 2.75) is 43.8 Å². The SMILES string of the molecule is O=C(Cc1ccncc1)OCCCCCC1CCSS1. The highest BCUT2D eigenvalue weighted by Crippen LogP contribution is 2.39. The third-order valence-corrected chi connectivity index (χ3v) is 6.27. The highest BCUT2D eigenvalue weighted by atomic mass is 33.1. The number of pyridine rings is 1. The van der Waals surface area contributed by atoms with E-state index < -0.39 is 0 Å². The monoisotopic (exact) mass is 311 g/mol. The molecule has 1 aromatic rings. The molecule has 1 saturated heterocycles. The first kappa shape index (κ1) is 15.7. The van der Waals surface area contributed by atoms with Gasteiger partial charge in [-0.25, -0.2) is 0 Å². The van der Waals surface area contributed by atoms with E-state index in [1.807, 2.05) is 33.7 Å².